The molecule has 1 aliphatic heterocycles. The molecule has 0 aliphatic carbocycles. The van der Waals surface area contributed by atoms with Crippen molar-refractivity contribution in [2.45, 2.75) is 30.8 Å². The second-order valence-corrected chi connectivity index (χ2v) is 4.60. The normalized spacial score (nSPS) is 20.5. The smallest absolute Gasteiger partial charge is 0.240 e. The number of carbonyl (C=O) groups is 1. The first-order valence-corrected chi connectivity index (χ1v) is 5.37. The Morgan fingerprint density at radius 1 is 1.44 bits per heavy atom. The highest BCUT2D eigenvalue weighted by Gasteiger charge is 2.39. The number of aliphatic hydroxyl groups excluding tert-OH is 2. The molecule has 5 N–H and O–H groups in total. The van der Waals surface area contributed by atoms with Crippen molar-refractivity contribution in [1.29, 1.82) is 0 Å². The summed E-state index contributed by atoms with van der Waals surface area (Å²) >= 11 is 0. The lowest BCUT2D eigenvalue weighted by Gasteiger charge is -2.36. The summed E-state index contributed by atoms with van der Waals surface area (Å²) in [5.41, 5.74) is 3.98. The van der Waals surface area contributed by atoms with Crippen molar-refractivity contribution >= 4 is 5.91 Å². The van der Waals surface area contributed by atoms with Crippen LogP contribution in [0.1, 0.15) is 19.8 Å². The van der Waals surface area contributed by atoms with Gasteiger partial charge >= 0.3 is 0 Å². The summed E-state index contributed by atoms with van der Waals surface area (Å²) in [5.74, 6) is -0.346. The molecule has 94 valence electrons. The predicted molar refractivity (Wildman–Crippen MR) is 57.7 cm³/mol. The monoisotopic (exact) mass is 232 g/mol. The van der Waals surface area contributed by atoms with E-state index >= 15 is 0 Å². The van der Waals surface area contributed by atoms with E-state index in [2.05, 4.69) is 5.32 Å². The Morgan fingerprint density at radius 3 is 2.38 bits per heavy atom. The van der Waals surface area contributed by atoms with E-state index in [-0.39, 0.29) is 19.1 Å². The maximum atomic E-state index is 11.9. The summed E-state index contributed by atoms with van der Waals surface area (Å²) in [6.07, 6.45) is 0.900. The van der Waals surface area contributed by atoms with Crippen molar-refractivity contribution in [3.05, 3.63) is 0 Å². The zero-order chi connectivity index (χ0) is 12.2. The molecule has 0 saturated carbocycles. The number of nitrogens with two attached hydrogens (primary N) is 1. The summed E-state index contributed by atoms with van der Waals surface area (Å²) in [6, 6.07) is 0. The predicted octanol–water partition coefficient (Wildman–Crippen LogP) is -1.65. The van der Waals surface area contributed by atoms with Crippen molar-refractivity contribution < 1.29 is 19.7 Å². The average molecular weight is 232 g/mol. The van der Waals surface area contributed by atoms with Gasteiger partial charge in [0.1, 0.15) is 0 Å². The van der Waals surface area contributed by atoms with Crippen LogP contribution >= 0.6 is 0 Å². The SMILES string of the molecule is CC(CO)(CO)NC(=O)C1(N)CCOCC1. The molecular weight excluding hydrogens is 212 g/mol. The van der Waals surface area contributed by atoms with E-state index in [0.717, 1.165) is 0 Å². The van der Waals surface area contributed by atoms with Gasteiger partial charge in [-0.25, -0.2) is 0 Å². The second-order valence-electron chi connectivity index (χ2n) is 4.60. The van der Waals surface area contributed by atoms with Gasteiger partial charge in [-0.2, -0.15) is 0 Å². The molecule has 0 aromatic rings. The summed E-state index contributed by atoms with van der Waals surface area (Å²) in [5, 5.41) is 20.7. The van der Waals surface area contributed by atoms with E-state index < -0.39 is 11.1 Å². The number of ether oxygens (including phenoxy) is 1. The Labute approximate surface area is 94.8 Å². The summed E-state index contributed by atoms with van der Waals surface area (Å²) in [7, 11) is 0. The lowest BCUT2D eigenvalue weighted by atomic mass is 9.89. The number of amides is 1. The highest BCUT2D eigenvalue weighted by molar-refractivity contribution is 5.86. The zero-order valence-electron chi connectivity index (χ0n) is 9.53. The van der Waals surface area contributed by atoms with E-state index in [1.807, 2.05) is 0 Å². The highest BCUT2D eigenvalue weighted by atomic mass is 16.5. The Morgan fingerprint density at radius 2 is 1.94 bits per heavy atom. The molecule has 1 rings (SSSR count). The fourth-order valence-electron chi connectivity index (χ4n) is 1.49. The van der Waals surface area contributed by atoms with E-state index in [4.69, 9.17) is 20.7 Å². The van der Waals surface area contributed by atoms with Crippen LogP contribution in [0.5, 0.6) is 0 Å². The quantitative estimate of drug-likeness (QED) is 0.465. The molecule has 1 fully saturated rings. The topological polar surface area (TPSA) is 105 Å². The first-order valence-electron chi connectivity index (χ1n) is 5.37. The molecule has 0 aromatic heterocycles. The third-order valence-corrected chi connectivity index (χ3v) is 2.95. The van der Waals surface area contributed by atoms with Crippen molar-refractivity contribution in [2.24, 2.45) is 5.73 Å². The van der Waals surface area contributed by atoms with Gasteiger partial charge in [-0.15, -0.1) is 0 Å². The standard InChI is InChI=1S/C10H20N2O4/c1-9(6-13,7-14)12-8(15)10(11)2-4-16-5-3-10/h13-14H,2-7,11H2,1H3,(H,12,15). The molecule has 0 bridgehead atoms. The first kappa shape index (κ1) is 13.4. The highest BCUT2D eigenvalue weighted by Crippen LogP contribution is 2.18. The molecule has 6 heteroatoms. The lowest BCUT2D eigenvalue weighted by Crippen LogP contribution is -2.63. The van der Waals surface area contributed by atoms with E-state index in [1.54, 1.807) is 6.92 Å². The largest absolute Gasteiger partial charge is 0.394 e. The molecule has 16 heavy (non-hydrogen) atoms. The number of nitrogens with one attached hydrogen (secondary N) is 1. The van der Waals surface area contributed by atoms with Gasteiger partial charge < -0.3 is 26.0 Å². The Bertz CT molecular complexity index is 247. The van der Waals surface area contributed by atoms with Crippen molar-refractivity contribution in [2.75, 3.05) is 26.4 Å². The molecule has 0 unspecified atom stereocenters. The number of rotatable bonds is 4. The maximum absolute atomic E-state index is 11.9. The van der Waals surface area contributed by atoms with Gasteiger partial charge in [-0.05, 0) is 19.8 Å². The molecule has 0 atom stereocenters. The zero-order valence-corrected chi connectivity index (χ0v) is 9.53. The molecule has 1 heterocycles. The number of aliphatic hydroxyl groups is 2. The van der Waals surface area contributed by atoms with Gasteiger partial charge in [0.25, 0.3) is 0 Å². The van der Waals surface area contributed by atoms with Crippen LogP contribution in [0.2, 0.25) is 0 Å². The van der Waals surface area contributed by atoms with E-state index in [1.165, 1.54) is 0 Å². The summed E-state index contributed by atoms with van der Waals surface area (Å²) < 4.78 is 5.14. The molecule has 0 radical (unpaired) electrons. The first-order chi connectivity index (χ1) is 7.46. The van der Waals surface area contributed by atoms with Crippen LogP contribution < -0.4 is 11.1 Å². The minimum Gasteiger partial charge on any atom is -0.394 e. The minimum atomic E-state index is -1.03. The third-order valence-electron chi connectivity index (χ3n) is 2.95. The van der Waals surface area contributed by atoms with Crippen molar-refractivity contribution in [3.8, 4) is 0 Å². The maximum Gasteiger partial charge on any atom is 0.240 e. The van der Waals surface area contributed by atoms with Crippen LogP contribution in [-0.4, -0.2) is 53.6 Å². The van der Waals surface area contributed by atoms with Crippen LogP contribution in [0.25, 0.3) is 0 Å². The molecule has 0 spiro atoms. The van der Waals surface area contributed by atoms with Gasteiger partial charge in [0, 0.05) is 13.2 Å². The molecule has 6 nitrogen and oxygen atoms in total. The average Bonchev–Trinajstić information content (AvgIpc) is 2.30. The van der Waals surface area contributed by atoms with E-state index in [9.17, 15) is 4.79 Å². The van der Waals surface area contributed by atoms with Gasteiger partial charge in [0.05, 0.1) is 24.3 Å². The van der Waals surface area contributed by atoms with E-state index in [0.29, 0.717) is 26.1 Å². The van der Waals surface area contributed by atoms with Crippen LogP contribution in [0.4, 0.5) is 0 Å². The van der Waals surface area contributed by atoms with Crippen molar-refractivity contribution in [1.82, 2.24) is 5.32 Å². The fraction of sp³-hybridized carbons (Fsp3) is 0.900. The molecule has 0 aromatic carbocycles. The number of hydrogen-bond donors (Lipinski definition) is 4. The van der Waals surface area contributed by atoms with Gasteiger partial charge in [-0.1, -0.05) is 0 Å². The number of hydrogen-bond acceptors (Lipinski definition) is 5. The molecule has 1 aliphatic rings. The van der Waals surface area contributed by atoms with Gasteiger partial charge in [0.15, 0.2) is 0 Å². The van der Waals surface area contributed by atoms with Crippen LogP contribution in [0.15, 0.2) is 0 Å². The van der Waals surface area contributed by atoms with Crippen LogP contribution in [0.3, 0.4) is 0 Å². The Balaban J connectivity index is 2.63. The Hall–Kier alpha value is -0.690. The van der Waals surface area contributed by atoms with Gasteiger partial charge in [0.2, 0.25) is 5.91 Å². The van der Waals surface area contributed by atoms with Crippen molar-refractivity contribution in [3.63, 3.8) is 0 Å². The molecular formula is C10H20N2O4. The van der Waals surface area contributed by atoms with Gasteiger partial charge in [-0.3, -0.25) is 4.79 Å². The third kappa shape index (κ3) is 2.91. The summed E-state index contributed by atoms with van der Waals surface area (Å²) in [6.45, 7) is 1.81. The van der Waals surface area contributed by atoms with Crippen LogP contribution in [-0.2, 0) is 9.53 Å². The number of carbonyl (C=O) groups excluding carboxylic acids is 1. The Kier molecular flexibility index (Phi) is 4.26. The molecule has 1 saturated heterocycles. The lowest BCUT2D eigenvalue weighted by molar-refractivity contribution is -0.132. The second kappa shape index (κ2) is 5.09. The summed E-state index contributed by atoms with van der Waals surface area (Å²) in [4.78, 5) is 11.9. The minimum absolute atomic E-state index is 0.332. The fourth-order valence-corrected chi connectivity index (χ4v) is 1.49. The molecule has 1 amide bonds. The van der Waals surface area contributed by atoms with Crippen LogP contribution in [0, 0.1) is 0 Å².